The van der Waals surface area contributed by atoms with Crippen LogP contribution < -0.4 is 5.32 Å². The molecule has 0 saturated carbocycles. The zero-order chi connectivity index (χ0) is 7.40. The van der Waals surface area contributed by atoms with Crippen LogP contribution in [-0.2, 0) is 4.79 Å². The standard InChI is InChI=1S/C4H5N3O3/c8-3(9)1-5-4-7-6-2-10-4/h2H,1H2,(H,5,7)(H,8,9). The van der Waals surface area contributed by atoms with Crippen LogP contribution >= 0.6 is 0 Å². The summed E-state index contributed by atoms with van der Waals surface area (Å²) < 4.78 is 4.59. The van der Waals surface area contributed by atoms with Gasteiger partial charge in [-0.15, -0.1) is 5.10 Å². The number of nitrogens with zero attached hydrogens (tertiary/aromatic N) is 2. The molecule has 10 heavy (non-hydrogen) atoms. The number of rotatable bonds is 3. The number of hydrogen-bond acceptors (Lipinski definition) is 5. The van der Waals surface area contributed by atoms with E-state index < -0.39 is 5.97 Å². The lowest BCUT2D eigenvalue weighted by Gasteiger charge is -1.92. The summed E-state index contributed by atoms with van der Waals surface area (Å²) in [6, 6.07) is 0.113. The second-order valence-electron chi connectivity index (χ2n) is 1.49. The molecule has 0 atom stereocenters. The van der Waals surface area contributed by atoms with Gasteiger partial charge in [-0.2, -0.15) is 0 Å². The summed E-state index contributed by atoms with van der Waals surface area (Å²) in [7, 11) is 0. The van der Waals surface area contributed by atoms with Gasteiger partial charge >= 0.3 is 12.0 Å². The number of hydrogen-bond donors (Lipinski definition) is 2. The molecule has 0 amide bonds. The Morgan fingerprint density at radius 3 is 3.20 bits per heavy atom. The van der Waals surface area contributed by atoms with Crippen LogP contribution in [-0.4, -0.2) is 27.8 Å². The van der Waals surface area contributed by atoms with Crippen molar-refractivity contribution in [3.8, 4) is 0 Å². The second kappa shape index (κ2) is 2.81. The molecule has 0 spiro atoms. The van der Waals surface area contributed by atoms with Crippen LogP contribution in [0.2, 0.25) is 0 Å². The van der Waals surface area contributed by atoms with E-state index in [4.69, 9.17) is 5.11 Å². The van der Waals surface area contributed by atoms with Gasteiger partial charge in [-0.3, -0.25) is 4.79 Å². The van der Waals surface area contributed by atoms with Crippen LogP contribution in [0.4, 0.5) is 6.01 Å². The van der Waals surface area contributed by atoms with E-state index in [-0.39, 0.29) is 12.6 Å². The SMILES string of the molecule is O=C(O)CNc1nnco1. The highest BCUT2D eigenvalue weighted by atomic mass is 16.4. The van der Waals surface area contributed by atoms with E-state index in [9.17, 15) is 4.79 Å². The Hall–Kier alpha value is -1.59. The van der Waals surface area contributed by atoms with E-state index in [0.29, 0.717) is 0 Å². The van der Waals surface area contributed by atoms with Crippen molar-refractivity contribution < 1.29 is 14.3 Å². The van der Waals surface area contributed by atoms with Crippen molar-refractivity contribution in [2.45, 2.75) is 0 Å². The van der Waals surface area contributed by atoms with E-state index in [0.717, 1.165) is 6.39 Å². The zero-order valence-corrected chi connectivity index (χ0v) is 4.94. The van der Waals surface area contributed by atoms with E-state index in [1.165, 1.54) is 0 Å². The Bertz CT molecular complexity index is 208. The lowest BCUT2D eigenvalue weighted by Crippen LogP contribution is -2.12. The molecule has 1 rings (SSSR count). The summed E-state index contributed by atoms with van der Waals surface area (Å²) in [6.07, 6.45) is 1.12. The fraction of sp³-hybridized carbons (Fsp3) is 0.250. The first-order valence-electron chi connectivity index (χ1n) is 2.51. The van der Waals surface area contributed by atoms with Crippen LogP contribution in [0.15, 0.2) is 10.8 Å². The molecule has 1 heterocycles. The lowest BCUT2D eigenvalue weighted by molar-refractivity contribution is -0.134. The summed E-state index contributed by atoms with van der Waals surface area (Å²) in [5.41, 5.74) is 0. The number of carboxylic acids is 1. The van der Waals surface area contributed by atoms with Gasteiger partial charge in [0.25, 0.3) is 0 Å². The molecule has 2 N–H and O–H groups in total. The van der Waals surface area contributed by atoms with Crippen LogP contribution in [0.25, 0.3) is 0 Å². The summed E-state index contributed by atoms with van der Waals surface area (Å²) in [6.45, 7) is -0.220. The Balaban J connectivity index is 2.35. The second-order valence-corrected chi connectivity index (χ2v) is 1.49. The maximum Gasteiger partial charge on any atom is 0.323 e. The molecule has 0 bridgehead atoms. The van der Waals surface area contributed by atoms with Crippen LogP contribution in [0.3, 0.4) is 0 Å². The largest absolute Gasteiger partial charge is 0.480 e. The Morgan fingerprint density at radius 2 is 2.70 bits per heavy atom. The number of aliphatic carboxylic acids is 1. The highest BCUT2D eigenvalue weighted by molar-refractivity contribution is 5.71. The number of aromatic nitrogens is 2. The maximum absolute atomic E-state index is 9.94. The smallest absolute Gasteiger partial charge is 0.323 e. The van der Waals surface area contributed by atoms with Crippen molar-refractivity contribution in [2.24, 2.45) is 0 Å². The van der Waals surface area contributed by atoms with Crippen molar-refractivity contribution in [3.05, 3.63) is 6.39 Å². The molecule has 0 aliphatic rings. The Labute approximate surface area is 55.9 Å². The number of anilines is 1. The molecule has 0 aromatic carbocycles. The van der Waals surface area contributed by atoms with Crippen molar-refractivity contribution in [3.63, 3.8) is 0 Å². The average Bonchev–Trinajstić information content (AvgIpc) is 2.34. The zero-order valence-electron chi connectivity index (χ0n) is 4.94. The van der Waals surface area contributed by atoms with Crippen molar-refractivity contribution in [1.29, 1.82) is 0 Å². The molecule has 0 unspecified atom stereocenters. The molecule has 1 aromatic heterocycles. The fourth-order valence-corrected chi connectivity index (χ4v) is 0.401. The van der Waals surface area contributed by atoms with Gasteiger partial charge in [-0.25, -0.2) is 0 Å². The summed E-state index contributed by atoms with van der Waals surface area (Å²) in [4.78, 5) is 9.94. The monoisotopic (exact) mass is 143 g/mol. The summed E-state index contributed by atoms with van der Waals surface area (Å²) >= 11 is 0. The minimum atomic E-state index is -0.974. The van der Waals surface area contributed by atoms with Gasteiger partial charge in [0.1, 0.15) is 6.54 Å². The van der Waals surface area contributed by atoms with Crippen LogP contribution in [0.5, 0.6) is 0 Å². The molecule has 1 aromatic rings. The van der Waals surface area contributed by atoms with Gasteiger partial charge in [0.05, 0.1) is 0 Å². The van der Waals surface area contributed by atoms with E-state index in [1.807, 2.05) is 0 Å². The number of carbonyl (C=O) groups is 1. The summed E-state index contributed by atoms with van der Waals surface area (Å²) in [5.74, 6) is -0.974. The third kappa shape index (κ3) is 1.73. The highest BCUT2D eigenvalue weighted by Crippen LogP contribution is 1.95. The third-order valence-electron chi connectivity index (χ3n) is 0.751. The maximum atomic E-state index is 9.94. The molecular weight excluding hydrogens is 138 g/mol. The van der Waals surface area contributed by atoms with Gasteiger partial charge in [-0.1, -0.05) is 5.10 Å². The van der Waals surface area contributed by atoms with Gasteiger partial charge in [0.15, 0.2) is 0 Å². The minimum absolute atomic E-state index is 0.113. The van der Waals surface area contributed by atoms with E-state index in [2.05, 4.69) is 19.9 Å². The van der Waals surface area contributed by atoms with Crippen LogP contribution in [0.1, 0.15) is 0 Å². The van der Waals surface area contributed by atoms with Crippen molar-refractivity contribution in [2.75, 3.05) is 11.9 Å². The van der Waals surface area contributed by atoms with Gasteiger partial charge in [0, 0.05) is 0 Å². The number of nitrogens with one attached hydrogen (secondary N) is 1. The first kappa shape index (κ1) is 6.53. The molecule has 0 aliphatic carbocycles. The first-order chi connectivity index (χ1) is 4.79. The minimum Gasteiger partial charge on any atom is -0.480 e. The quantitative estimate of drug-likeness (QED) is 0.596. The molecule has 6 heteroatoms. The molecule has 0 radical (unpaired) electrons. The van der Waals surface area contributed by atoms with E-state index in [1.54, 1.807) is 0 Å². The fourth-order valence-electron chi connectivity index (χ4n) is 0.401. The van der Waals surface area contributed by atoms with Gasteiger partial charge in [-0.05, 0) is 0 Å². The lowest BCUT2D eigenvalue weighted by atomic mass is 10.7. The molecule has 6 nitrogen and oxygen atoms in total. The number of carboxylic acid groups (broad SMARTS) is 1. The molecular formula is C4H5N3O3. The van der Waals surface area contributed by atoms with Crippen LogP contribution in [0, 0.1) is 0 Å². The van der Waals surface area contributed by atoms with Gasteiger partial charge < -0.3 is 14.8 Å². The predicted octanol–water partition coefficient (Wildman–Crippen LogP) is -0.434. The Kier molecular flexibility index (Phi) is 1.83. The molecule has 0 saturated heterocycles. The van der Waals surface area contributed by atoms with Crippen molar-refractivity contribution in [1.82, 2.24) is 10.2 Å². The molecule has 54 valence electrons. The summed E-state index contributed by atoms with van der Waals surface area (Å²) in [5, 5.41) is 17.3. The molecule has 0 aliphatic heterocycles. The van der Waals surface area contributed by atoms with Crippen molar-refractivity contribution >= 4 is 12.0 Å². The Morgan fingerprint density at radius 1 is 1.90 bits per heavy atom. The topological polar surface area (TPSA) is 88.2 Å². The highest BCUT2D eigenvalue weighted by Gasteiger charge is 1.99. The third-order valence-corrected chi connectivity index (χ3v) is 0.751. The van der Waals surface area contributed by atoms with Gasteiger partial charge in [0.2, 0.25) is 6.39 Å². The first-order valence-corrected chi connectivity index (χ1v) is 2.51. The molecule has 0 fully saturated rings. The van der Waals surface area contributed by atoms with E-state index >= 15 is 0 Å². The normalized spacial score (nSPS) is 9.20. The predicted molar refractivity (Wildman–Crippen MR) is 30.4 cm³/mol. The average molecular weight is 143 g/mol.